The molecule has 0 aliphatic heterocycles. The average Bonchev–Trinajstić information content (AvgIpc) is 2.07. The smallest absolute Gasteiger partial charge is 0.0769 e. The van der Waals surface area contributed by atoms with Crippen molar-refractivity contribution in [1.29, 1.82) is 0 Å². The van der Waals surface area contributed by atoms with Crippen molar-refractivity contribution in [1.82, 2.24) is 0 Å². The highest BCUT2D eigenvalue weighted by Gasteiger charge is 1.83. The van der Waals surface area contributed by atoms with Crippen LogP contribution in [-0.2, 0) is 0 Å². The number of rotatable bonds is 3. The molecular weight excluding hydrogens is 138 g/mol. The Hall–Kier alpha value is -1.44. The molecule has 0 heterocycles. The number of aliphatic hydroxyl groups is 1. The van der Waals surface area contributed by atoms with Gasteiger partial charge in [0.25, 0.3) is 0 Å². The molecule has 0 spiro atoms. The van der Waals surface area contributed by atoms with Crippen molar-refractivity contribution in [3.05, 3.63) is 42.7 Å². The van der Waals surface area contributed by atoms with E-state index >= 15 is 0 Å². The van der Waals surface area contributed by atoms with Crippen LogP contribution in [0.1, 0.15) is 0 Å². The number of hydrogen-bond acceptors (Lipinski definition) is 2. The van der Waals surface area contributed by atoms with Gasteiger partial charge in [-0.3, -0.25) is 0 Å². The molecule has 11 heavy (non-hydrogen) atoms. The Morgan fingerprint density at radius 1 is 1.27 bits per heavy atom. The first-order valence-electron chi connectivity index (χ1n) is 3.51. The lowest BCUT2D eigenvalue weighted by atomic mass is 10.3. The van der Waals surface area contributed by atoms with Gasteiger partial charge in [0.2, 0.25) is 0 Å². The molecule has 1 aromatic rings. The molecule has 0 atom stereocenters. The highest BCUT2D eigenvalue weighted by molar-refractivity contribution is 5.42. The molecule has 0 aliphatic carbocycles. The standard InChI is InChI=1S/C9H11NO/c11-8-4-7-10-9-5-2-1-3-6-9/h1-6,8,10-11H,7H2/b8-4+. The fourth-order valence-electron chi connectivity index (χ4n) is 0.785. The Kier molecular flexibility index (Phi) is 3.06. The van der Waals surface area contributed by atoms with Crippen molar-refractivity contribution in [3.8, 4) is 0 Å². The van der Waals surface area contributed by atoms with Crippen LogP contribution in [0.25, 0.3) is 0 Å². The number of nitrogens with one attached hydrogen (secondary N) is 1. The van der Waals surface area contributed by atoms with E-state index in [1.165, 1.54) is 0 Å². The normalized spacial score (nSPS) is 10.2. The minimum absolute atomic E-state index is 0.653. The molecule has 0 fully saturated rings. The Morgan fingerprint density at radius 3 is 2.64 bits per heavy atom. The lowest BCUT2D eigenvalue weighted by Crippen LogP contribution is -1.96. The van der Waals surface area contributed by atoms with Gasteiger partial charge in [0.05, 0.1) is 6.26 Å². The number of anilines is 1. The fourth-order valence-corrected chi connectivity index (χ4v) is 0.785. The number of hydrogen-bond donors (Lipinski definition) is 2. The largest absolute Gasteiger partial charge is 0.516 e. The summed E-state index contributed by atoms with van der Waals surface area (Å²) < 4.78 is 0. The Morgan fingerprint density at radius 2 is 2.00 bits per heavy atom. The molecule has 2 N–H and O–H groups in total. The average molecular weight is 149 g/mol. The van der Waals surface area contributed by atoms with E-state index in [0.717, 1.165) is 11.9 Å². The van der Waals surface area contributed by atoms with E-state index in [1.807, 2.05) is 30.3 Å². The van der Waals surface area contributed by atoms with Crippen LogP contribution in [0.3, 0.4) is 0 Å². The number of aliphatic hydroxyl groups excluding tert-OH is 1. The summed E-state index contributed by atoms with van der Waals surface area (Å²) in [5, 5.41) is 11.4. The second-order valence-electron chi connectivity index (χ2n) is 2.13. The zero-order chi connectivity index (χ0) is 7.94. The summed E-state index contributed by atoms with van der Waals surface area (Å²) in [5.41, 5.74) is 1.06. The van der Waals surface area contributed by atoms with Crippen LogP contribution >= 0.6 is 0 Å². The quantitative estimate of drug-likeness (QED) is 0.645. The molecule has 1 aromatic carbocycles. The summed E-state index contributed by atoms with van der Waals surface area (Å²) in [7, 11) is 0. The summed E-state index contributed by atoms with van der Waals surface area (Å²) >= 11 is 0. The lowest BCUT2D eigenvalue weighted by molar-refractivity contribution is 0.472. The van der Waals surface area contributed by atoms with Gasteiger partial charge in [0, 0.05) is 12.2 Å². The van der Waals surface area contributed by atoms with Crippen molar-refractivity contribution in [2.75, 3.05) is 11.9 Å². The molecule has 0 amide bonds. The predicted octanol–water partition coefficient (Wildman–Crippen LogP) is 2.17. The third-order valence-electron chi connectivity index (χ3n) is 1.30. The highest BCUT2D eigenvalue weighted by atomic mass is 16.2. The van der Waals surface area contributed by atoms with Crippen molar-refractivity contribution >= 4 is 5.69 Å². The van der Waals surface area contributed by atoms with Gasteiger partial charge in [0.1, 0.15) is 0 Å². The molecular formula is C9H11NO. The molecule has 0 aliphatic rings. The second-order valence-corrected chi connectivity index (χ2v) is 2.13. The van der Waals surface area contributed by atoms with Gasteiger partial charge < -0.3 is 10.4 Å². The van der Waals surface area contributed by atoms with Crippen LogP contribution in [0, 0.1) is 0 Å². The topological polar surface area (TPSA) is 32.3 Å². The van der Waals surface area contributed by atoms with Crippen LogP contribution in [0.4, 0.5) is 5.69 Å². The van der Waals surface area contributed by atoms with Crippen molar-refractivity contribution < 1.29 is 5.11 Å². The predicted molar refractivity (Wildman–Crippen MR) is 46.7 cm³/mol. The Labute approximate surface area is 66.2 Å². The second kappa shape index (κ2) is 4.39. The van der Waals surface area contributed by atoms with Crippen molar-refractivity contribution in [2.45, 2.75) is 0 Å². The lowest BCUT2D eigenvalue weighted by Gasteiger charge is -2.00. The van der Waals surface area contributed by atoms with Gasteiger partial charge in [0.15, 0.2) is 0 Å². The maximum atomic E-state index is 8.32. The summed E-state index contributed by atoms with van der Waals surface area (Å²) in [4.78, 5) is 0. The molecule has 58 valence electrons. The Bertz CT molecular complexity index is 218. The third-order valence-corrected chi connectivity index (χ3v) is 1.30. The summed E-state index contributed by atoms with van der Waals surface area (Å²) in [6.07, 6.45) is 2.68. The van der Waals surface area contributed by atoms with Gasteiger partial charge in [-0.15, -0.1) is 0 Å². The maximum Gasteiger partial charge on any atom is 0.0769 e. The zero-order valence-electron chi connectivity index (χ0n) is 6.20. The molecule has 0 unspecified atom stereocenters. The minimum Gasteiger partial charge on any atom is -0.516 e. The SMILES string of the molecule is O/C=C/CNc1ccccc1. The molecule has 0 saturated carbocycles. The van der Waals surface area contributed by atoms with E-state index in [1.54, 1.807) is 6.08 Å². The van der Waals surface area contributed by atoms with Crippen LogP contribution in [-0.4, -0.2) is 11.7 Å². The third kappa shape index (κ3) is 2.76. The van der Waals surface area contributed by atoms with Crippen molar-refractivity contribution in [3.63, 3.8) is 0 Å². The van der Waals surface area contributed by atoms with Crippen LogP contribution in [0.5, 0.6) is 0 Å². The molecule has 0 saturated heterocycles. The van der Waals surface area contributed by atoms with Gasteiger partial charge >= 0.3 is 0 Å². The van der Waals surface area contributed by atoms with E-state index in [2.05, 4.69) is 5.32 Å². The first-order valence-corrected chi connectivity index (χ1v) is 3.51. The number of benzene rings is 1. The monoisotopic (exact) mass is 149 g/mol. The van der Waals surface area contributed by atoms with Gasteiger partial charge in [-0.25, -0.2) is 0 Å². The molecule has 0 aromatic heterocycles. The van der Waals surface area contributed by atoms with Crippen LogP contribution in [0.15, 0.2) is 42.7 Å². The summed E-state index contributed by atoms with van der Waals surface area (Å²) in [6.45, 7) is 0.653. The van der Waals surface area contributed by atoms with E-state index < -0.39 is 0 Å². The molecule has 1 rings (SSSR count). The molecule has 0 bridgehead atoms. The van der Waals surface area contributed by atoms with E-state index in [4.69, 9.17) is 5.11 Å². The molecule has 2 nitrogen and oxygen atoms in total. The van der Waals surface area contributed by atoms with Gasteiger partial charge in [-0.05, 0) is 18.2 Å². The van der Waals surface area contributed by atoms with E-state index in [9.17, 15) is 0 Å². The molecule has 0 radical (unpaired) electrons. The van der Waals surface area contributed by atoms with E-state index in [-0.39, 0.29) is 0 Å². The first-order chi connectivity index (χ1) is 5.43. The fraction of sp³-hybridized carbons (Fsp3) is 0.111. The summed E-state index contributed by atoms with van der Waals surface area (Å²) in [5.74, 6) is 0. The van der Waals surface area contributed by atoms with Crippen LogP contribution < -0.4 is 5.32 Å². The number of para-hydroxylation sites is 1. The van der Waals surface area contributed by atoms with Crippen molar-refractivity contribution in [2.24, 2.45) is 0 Å². The Balaban J connectivity index is 2.39. The van der Waals surface area contributed by atoms with Gasteiger partial charge in [-0.2, -0.15) is 0 Å². The zero-order valence-corrected chi connectivity index (χ0v) is 6.20. The highest BCUT2D eigenvalue weighted by Crippen LogP contribution is 2.03. The van der Waals surface area contributed by atoms with E-state index in [0.29, 0.717) is 6.54 Å². The molecule has 2 heteroatoms. The van der Waals surface area contributed by atoms with Crippen LogP contribution in [0.2, 0.25) is 0 Å². The van der Waals surface area contributed by atoms with Gasteiger partial charge in [-0.1, -0.05) is 18.2 Å². The maximum absolute atomic E-state index is 8.32. The summed E-state index contributed by atoms with van der Waals surface area (Å²) in [6, 6.07) is 9.85. The minimum atomic E-state index is 0.653. The first kappa shape index (κ1) is 7.66.